The lowest BCUT2D eigenvalue weighted by molar-refractivity contribution is -0.168. The van der Waals surface area contributed by atoms with E-state index in [1.165, 1.54) is 19.2 Å². The lowest BCUT2D eigenvalue weighted by Gasteiger charge is -2.13. The zero-order valence-corrected chi connectivity index (χ0v) is 13.9. The zero-order chi connectivity index (χ0) is 18.7. The van der Waals surface area contributed by atoms with Crippen LogP contribution >= 0.6 is 0 Å². The smallest absolute Gasteiger partial charge is 0.338 e. The number of rotatable bonds is 5. The third-order valence-electron chi connectivity index (χ3n) is 3.97. The Hall–Kier alpha value is -3.48. The van der Waals surface area contributed by atoms with Crippen molar-refractivity contribution in [2.45, 2.75) is 12.8 Å². The molecule has 0 aliphatic carbocycles. The number of hydroxylamine groups is 2. The number of imide groups is 1. The van der Waals surface area contributed by atoms with E-state index in [2.05, 4.69) is 0 Å². The third-order valence-corrected chi connectivity index (χ3v) is 3.97. The number of esters is 1. The molecule has 3 rings (SSSR count). The van der Waals surface area contributed by atoms with E-state index in [1.807, 2.05) is 0 Å². The molecular weight excluding hydrogens is 338 g/mol. The molecule has 2 aromatic carbocycles. The number of hydrogen-bond acceptors (Lipinski definition) is 6. The maximum Gasteiger partial charge on any atom is 0.338 e. The minimum Gasteiger partial charge on any atom is -0.465 e. The van der Waals surface area contributed by atoms with E-state index in [-0.39, 0.29) is 24.0 Å². The van der Waals surface area contributed by atoms with Crippen molar-refractivity contribution in [1.29, 1.82) is 0 Å². The number of methoxy groups -OCH3 is 1. The molecule has 0 radical (unpaired) electrons. The summed E-state index contributed by atoms with van der Waals surface area (Å²) in [6.45, 7) is 0. The summed E-state index contributed by atoms with van der Waals surface area (Å²) in [5, 5.41) is 0.471. The van der Waals surface area contributed by atoms with E-state index in [0.29, 0.717) is 16.2 Å². The van der Waals surface area contributed by atoms with Gasteiger partial charge in [0, 0.05) is 0 Å². The van der Waals surface area contributed by atoms with Gasteiger partial charge in [0.05, 0.1) is 30.2 Å². The Labute approximate surface area is 149 Å². The average Bonchev–Trinajstić information content (AvgIpc) is 2.91. The van der Waals surface area contributed by atoms with E-state index < -0.39 is 23.8 Å². The summed E-state index contributed by atoms with van der Waals surface area (Å²) in [4.78, 5) is 53.1. The predicted molar refractivity (Wildman–Crippen MR) is 89.1 cm³/mol. The Bertz CT molecular complexity index is 869. The fourth-order valence-corrected chi connectivity index (χ4v) is 2.68. The number of aryl methyl sites for hydroxylation is 1. The van der Waals surface area contributed by atoms with Crippen molar-refractivity contribution in [2.75, 3.05) is 7.11 Å². The van der Waals surface area contributed by atoms with Crippen LogP contribution in [0.15, 0.2) is 48.5 Å². The average molecular weight is 353 g/mol. The number of hydrogen-bond donors (Lipinski definition) is 0. The van der Waals surface area contributed by atoms with Gasteiger partial charge in [0.15, 0.2) is 0 Å². The number of fused-ring (bicyclic) bond motifs is 1. The number of nitrogens with zero attached hydrogens (tertiary/aromatic N) is 1. The Morgan fingerprint density at radius 3 is 2.12 bits per heavy atom. The highest BCUT2D eigenvalue weighted by atomic mass is 16.7. The molecule has 0 bridgehead atoms. The van der Waals surface area contributed by atoms with E-state index in [1.54, 1.807) is 36.4 Å². The van der Waals surface area contributed by atoms with Crippen molar-refractivity contribution in [2.24, 2.45) is 0 Å². The van der Waals surface area contributed by atoms with Gasteiger partial charge in [-0.05, 0) is 30.2 Å². The SMILES string of the molecule is COC(=O)c1ccccc1CCC(=O)ON1C(=O)c2ccccc2C1=O. The summed E-state index contributed by atoms with van der Waals surface area (Å²) in [6.07, 6.45) is 0.0920. The normalized spacial score (nSPS) is 12.7. The van der Waals surface area contributed by atoms with E-state index in [9.17, 15) is 19.2 Å². The van der Waals surface area contributed by atoms with Crippen molar-refractivity contribution in [3.63, 3.8) is 0 Å². The summed E-state index contributed by atoms with van der Waals surface area (Å²) in [5.41, 5.74) is 1.35. The largest absolute Gasteiger partial charge is 0.465 e. The molecule has 0 fully saturated rings. The second kappa shape index (κ2) is 7.18. The predicted octanol–water partition coefficient (Wildman–Crippen LogP) is 2.16. The van der Waals surface area contributed by atoms with Gasteiger partial charge in [-0.15, -0.1) is 0 Å². The van der Waals surface area contributed by atoms with Gasteiger partial charge in [0.2, 0.25) is 0 Å². The zero-order valence-electron chi connectivity index (χ0n) is 13.9. The van der Waals surface area contributed by atoms with Crippen molar-refractivity contribution in [3.05, 3.63) is 70.8 Å². The quantitative estimate of drug-likeness (QED) is 0.604. The molecule has 2 amide bonds. The highest BCUT2D eigenvalue weighted by Crippen LogP contribution is 2.23. The number of carbonyl (C=O) groups is 4. The minimum absolute atomic E-state index is 0.110. The Kier molecular flexibility index (Phi) is 4.79. The molecule has 1 aliphatic rings. The van der Waals surface area contributed by atoms with E-state index >= 15 is 0 Å². The first-order valence-electron chi connectivity index (χ1n) is 7.87. The van der Waals surface area contributed by atoms with Crippen LogP contribution in [-0.4, -0.2) is 35.9 Å². The van der Waals surface area contributed by atoms with Crippen molar-refractivity contribution in [3.8, 4) is 0 Å². The van der Waals surface area contributed by atoms with Gasteiger partial charge in [0.1, 0.15) is 0 Å². The molecule has 7 nitrogen and oxygen atoms in total. The van der Waals surface area contributed by atoms with Crippen LogP contribution in [0.1, 0.15) is 43.1 Å². The minimum atomic E-state index is -0.751. The topological polar surface area (TPSA) is 90.0 Å². The Morgan fingerprint density at radius 1 is 0.923 bits per heavy atom. The van der Waals surface area contributed by atoms with Crippen LogP contribution in [0.3, 0.4) is 0 Å². The van der Waals surface area contributed by atoms with E-state index in [0.717, 1.165) is 0 Å². The molecule has 0 N–H and O–H groups in total. The summed E-state index contributed by atoms with van der Waals surface area (Å²) < 4.78 is 4.70. The molecule has 0 saturated heterocycles. The first-order chi connectivity index (χ1) is 12.5. The van der Waals surface area contributed by atoms with Crippen LogP contribution in [0, 0.1) is 0 Å². The number of ether oxygens (including phenoxy) is 1. The van der Waals surface area contributed by atoms with Crippen molar-refractivity contribution < 1.29 is 28.8 Å². The molecule has 0 atom stereocenters. The van der Waals surface area contributed by atoms with Crippen molar-refractivity contribution >= 4 is 23.8 Å². The Morgan fingerprint density at radius 2 is 1.50 bits per heavy atom. The molecular formula is C19H15NO6. The molecule has 0 unspecified atom stereocenters. The molecule has 1 heterocycles. The number of carbonyl (C=O) groups excluding carboxylic acids is 4. The maximum absolute atomic E-state index is 12.2. The highest BCUT2D eigenvalue weighted by Gasteiger charge is 2.38. The van der Waals surface area contributed by atoms with Gasteiger partial charge in [0.25, 0.3) is 11.8 Å². The molecule has 0 spiro atoms. The van der Waals surface area contributed by atoms with Gasteiger partial charge in [-0.3, -0.25) is 9.59 Å². The van der Waals surface area contributed by atoms with Gasteiger partial charge < -0.3 is 9.57 Å². The highest BCUT2D eigenvalue weighted by molar-refractivity contribution is 6.20. The molecule has 0 aromatic heterocycles. The summed E-state index contributed by atoms with van der Waals surface area (Å²) in [7, 11) is 1.27. The first kappa shape index (κ1) is 17.3. The summed E-state index contributed by atoms with van der Waals surface area (Å²) >= 11 is 0. The molecule has 1 aliphatic heterocycles. The van der Waals surface area contributed by atoms with Crippen molar-refractivity contribution in [1.82, 2.24) is 5.06 Å². The standard InChI is InChI=1S/C19H15NO6/c1-25-19(24)13-7-3-2-6-12(13)10-11-16(21)26-20-17(22)14-8-4-5-9-15(14)18(20)23/h2-9H,10-11H2,1H3. The van der Waals surface area contributed by atoms with Crippen LogP contribution in [0.25, 0.3) is 0 Å². The lowest BCUT2D eigenvalue weighted by Crippen LogP contribution is -2.32. The van der Waals surface area contributed by atoms with Crippen LogP contribution < -0.4 is 0 Å². The second-order valence-electron chi connectivity index (χ2n) is 5.56. The molecule has 7 heteroatoms. The maximum atomic E-state index is 12.2. The van der Waals surface area contributed by atoms with Gasteiger partial charge in [-0.1, -0.05) is 35.4 Å². The third kappa shape index (κ3) is 3.19. The van der Waals surface area contributed by atoms with Gasteiger partial charge in [-0.25, -0.2) is 9.59 Å². The van der Waals surface area contributed by atoms with Gasteiger partial charge in [-0.2, -0.15) is 0 Å². The number of amides is 2. The molecule has 0 saturated carbocycles. The number of benzene rings is 2. The molecule has 132 valence electrons. The monoisotopic (exact) mass is 353 g/mol. The summed E-state index contributed by atoms with van der Waals surface area (Å²) in [5.74, 6) is -2.60. The molecule has 2 aromatic rings. The van der Waals surface area contributed by atoms with Gasteiger partial charge >= 0.3 is 11.9 Å². The van der Waals surface area contributed by atoms with E-state index in [4.69, 9.17) is 9.57 Å². The fourth-order valence-electron chi connectivity index (χ4n) is 2.68. The van der Waals surface area contributed by atoms with Crippen LogP contribution in [-0.2, 0) is 20.8 Å². The first-order valence-corrected chi connectivity index (χ1v) is 7.87. The van der Waals surface area contributed by atoms with Crippen LogP contribution in [0.2, 0.25) is 0 Å². The molecule has 26 heavy (non-hydrogen) atoms. The summed E-state index contributed by atoms with van der Waals surface area (Å²) in [6, 6.07) is 13.0. The lowest BCUT2D eigenvalue weighted by atomic mass is 10.0. The fraction of sp³-hybridized carbons (Fsp3) is 0.158. The Balaban J connectivity index is 1.65. The van der Waals surface area contributed by atoms with Crippen LogP contribution in [0.5, 0.6) is 0 Å². The van der Waals surface area contributed by atoms with Crippen LogP contribution in [0.4, 0.5) is 0 Å². The second-order valence-corrected chi connectivity index (χ2v) is 5.56.